The molecule has 0 heterocycles. The summed E-state index contributed by atoms with van der Waals surface area (Å²) in [6, 6.07) is 5.76. The van der Waals surface area contributed by atoms with Crippen LogP contribution in [0.2, 0.25) is 0 Å². The first-order valence-electron chi connectivity index (χ1n) is 6.20. The van der Waals surface area contributed by atoms with E-state index in [4.69, 9.17) is 0 Å². The lowest BCUT2D eigenvalue weighted by Crippen LogP contribution is -2.41. The normalized spacial score (nSPS) is 11.5. The zero-order valence-corrected chi connectivity index (χ0v) is 13.9. The maximum atomic E-state index is 11.9. The minimum Gasteiger partial charge on any atom is -0.468 e. The summed E-state index contributed by atoms with van der Waals surface area (Å²) < 4.78 is 14.6. The predicted octanol–water partition coefficient (Wildman–Crippen LogP) is 1.81. The number of hydrogen-bond donors (Lipinski definition) is 1. The lowest BCUT2D eigenvalue weighted by Gasteiger charge is -2.24. The monoisotopic (exact) mass is 373 g/mol. The molecule has 1 aromatic carbocycles. The quantitative estimate of drug-likeness (QED) is 0.480. The molecule has 1 unspecified atom stereocenters. The summed E-state index contributed by atoms with van der Waals surface area (Å²) >= 11 is 3.29. The molecule has 0 aliphatic heterocycles. The number of halogens is 1. The SMILES string of the molecule is COC(=O)NC(c1ccc(Br)cc1)C(C(=O)OC)C(=O)OC. The van der Waals surface area contributed by atoms with Gasteiger partial charge in [-0.25, -0.2) is 4.79 Å². The number of carbonyl (C=O) groups excluding carboxylic acids is 3. The minimum absolute atomic E-state index is 0.523. The molecule has 0 saturated carbocycles. The predicted molar refractivity (Wildman–Crippen MR) is 79.9 cm³/mol. The fourth-order valence-electron chi connectivity index (χ4n) is 1.84. The first kappa shape index (κ1) is 18.0. The Hall–Kier alpha value is -2.09. The number of benzene rings is 1. The lowest BCUT2D eigenvalue weighted by molar-refractivity contribution is -0.160. The maximum absolute atomic E-state index is 11.9. The lowest BCUT2D eigenvalue weighted by atomic mass is 9.93. The van der Waals surface area contributed by atoms with E-state index in [0.717, 1.165) is 18.7 Å². The summed E-state index contributed by atoms with van der Waals surface area (Å²) in [5.41, 5.74) is 0.523. The van der Waals surface area contributed by atoms with E-state index < -0.39 is 30.0 Å². The van der Waals surface area contributed by atoms with Gasteiger partial charge >= 0.3 is 18.0 Å². The third kappa shape index (κ3) is 4.45. The van der Waals surface area contributed by atoms with E-state index in [0.29, 0.717) is 5.56 Å². The third-order valence-electron chi connectivity index (χ3n) is 2.93. The number of carbonyl (C=O) groups is 3. The Morgan fingerprint density at radius 2 is 1.45 bits per heavy atom. The second-order valence-electron chi connectivity index (χ2n) is 4.19. The van der Waals surface area contributed by atoms with Gasteiger partial charge in [0.1, 0.15) is 0 Å². The van der Waals surface area contributed by atoms with Crippen molar-refractivity contribution in [3.63, 3.8) is 0 Å². The number of esters is 2. The molecule has 0 fully saturated rings. The molecule has 1 amide bonds. The van der Waals surface area contributed by atoms with Crippen LogP contribution in [0.3, 0.4) is 0 Å². The number of rotatable bonds is 5. The molecule has 0 aromatic heterocycles. The standard InChI is InChI=1S/C14H16BrNO6/c1-20-12(17)10(13(18)21-2)11(16-14(19)22-3)8-4-6-9(15)7-5-8/h4-7,10-11H,1-3H3,(H,16,19). The van der Waals surface area contributed by atoms with Gasteiger partial charge in [-0.3, -0.25) is 9.59 Å². The molecule has 120 valence electrons. The number of amides is 1. The first-order valence-corrected chi connectivity index (χ1v) is 6.99. The van der Waals surface area contributed by atoms with Crippen LogP contribution in [-0.2, 0) is 23.8 Å². The molecule has 0 radical (unpaired) electrons. The Kier molecular flexibility index (Phi) is 6.84. The zero-order valence-electron chi connectivity index (χ0n) is 12.3. The highest BCUT2D eigenvalue weighted by Gasteiger charge is 2.39. The van der Waals surface area contributed by atoms with Crippen LogP contribution in [0, 0.1) is 5.92 Å². The van der Waals surface area contributed by atoms with E-state index in [-0.39, 0.29) is 0 Å². The summed E-state index contributed by atoms with van der Waals surface area (Å²) in [5.74, 6) is -3.00. The summed E-state index contributed by atoms with van der Waals surface area (Å²) in [6.45, 7) is 0. The second-order valence-corrected chi connectivity index (χ2v) is 5.10. The van der Waals surface area contributed by atoms with E-state index >= 15 is 0 Å². The van der Waals surface area contributed by atoms with Crippen molar-refractivity contribution >= 4 is 34.0 Å². The number of ether oxygens (including phenoxy) is 3. The smallest absolute Gasteiger partial charge is 0.407 e. The van der Waals surface area contributed by atoms with E-state index in [1.54, 1.807) is 24.3 Å². The van der Waals surface area contributed by atoms with Crippen molar-refractivity contribution in [1.29, 1.82) is 0 Å². The summed E-state index contributed by atoms with van der Waals surface area (Å²) in [6.07, 6.45) is -0.786. The topological polar surface area (TPSA) is 90.9 Å². The van der Waals surface area contributed by atoms with Crippen LogP contribution in [0.1, 0.15) is 11.6 Å². The number of nitrogens with one attached hydrogen (secondary N) is 1. The van der Waals surface area contributed by atoms with E-state index in [1.807, 2.05) is 0 Å². The molecule has 1 aromatic rings. The Balaban J connectivity index is 3.26. The first-order chi connectivity index (χ1) is 10.4. The van der Waals surface area contributed by atoms with Gasteiger partial charge in [-0.1, -0.05) is 28.1 Å². The molecule has 1 atom stereocenters. The number of methoxy groups -OCH3 is 3. The van der Waals surface area contributed by atoms with Crippen LogP contribution in [0.5, 0.6) is 0 Å². The van der Waals surface area contributed by atoms with Crippen molar-refractivity contribution in [2.75, 3.05) is 21.3 Å². The van der Waals surface area contributed by atoms with Gasteiger partial charge < -0.3 is 19.5 Å². The van der Waals surface area contributed by atoms with Crippen molar-refractivity contribution in [1.82, 2.24) is 5.32 Å². The molecule has 22 heavy (non-hydrogen) atoms. The van der Waals surface area contributed by atoms with Crippen molar-refractivity contribution in [3.05, 3.63) is 34.3 Å². The van der Waals surface area contributed by atoms with Gasteiger partial charge in [0.2, 0.25) is 0 Å². The molecule has 0 bridgehead atoms. The molecular formula is C14H16BrNO6. The number of hydrogen-bond acceptors (Lipinski definition) is 6. The molecule has 0 spiro atoms. The molecule has 0 aliphatic rings. The highest BCUT2D eigenvalue weighted by molar-refractivity contribution is 9.10. The molecule has 1 rings (SSSR count). The Morgan fingerprint density at radius 3 is 1.86 bits per heavy atom. The highest BCUT2D eigenvalue weighted by Crippen LogP contribution is 2.26. The van der Waals surface area contributed by atoms with Gasteiger partial charge in [0.25, 0.3) is 0 Å². The van der Waals surface area contributed by atoms with Crippen molar-refractivity contribution < 1.29 is 28.6 Å². The van der Waals surface area contributed by atoms with Crippen LogP contribution in [0.25, 0.3) is 0 Å². The van der Waals surface area contributed by atoms with Gasteiger partial charge in [-0.2, -0.15) is 0 Å². The summed E-state index contributed by atoms with van der Waals surface area (Å²) in [7, 11) is 3.48. The van der Waals surface area contributed by atoms with E-state index in [9.17, 15) is 14.4 Å². The average Bonchev–Trinajstić information content (AvgIpc) is 2.54. The van der Waals surface area contributed by atoms with Crippen LogP contribution >= 0.6 is 15.9 Å². The van der Waals surface area contributed by atoms with Crippen molar-refractivity contribution in [2.45, 2.75) is 6.04 Å². The molecule has 1 N–H and O–H groups in total. The average molecular weight is 374 g/mol. The van der Waals surface area contributed by atoms with Gasteiger partial charge in [0, 0.05) is 4.47 Å². The number of alkyl carbamates (subject to hydrolysis) is 1. The molecule has 8 heteroatoms. The van der Waals surface area contributed by atoms with Gasteiger partial charge in [-0.15, -0.1) is 0 Å². The molecular weight excluding hydrogens is 358 g/mol. The fourth-order valence-corrected chi connectivity index (χ4v) is 2.10. The summed E-state index contributed by atoms with van der Waals surface area (Å²) in [4.78, 5) is 35.4. The Bertz CT molecular complexity index is 529. The van der Waals surface area contributed by atoms with Crippen LogP contribution in [-0.4, -0.2) is 39.4 Å². The Morgan fingerprint density at radius 1 is 0.955 bits per heavy atom. The molecule has 0 aliphatic carbocycles. The van der Waals surface area contributed by atoms with Crippen LogP contribution < -0.4 is 5.32 Å². The van der Waals surface area contributed by atoms with Gasteiger partial charge in [0.15, 0.2) is 5.92 Å². The van der Waals surface area contributed by atoms with Gasteiger partial charge in [0.05, 0.1) is 27.4 Å². The zero-order chi connectivity index (χ0) is 16.7. The van der Waals surface area contributed by atoms with E-state index in [2.05, 4.69) is 35.5 Å². The van der Waals surface area contributed by atoms with Crippen LogP contribution in [0.15, 0.2) is 28.7 Å². The van der Waals surface area contributed by atoms with Crippen molar-refractivity contribution in [3.8, 4) is 0 Å². The largest absolute Gasteiger partial charge is 0.468 e. The van der Waals surface area contributed by atoms with E-state index in [1.165, 1.54) is 7.11 Å². The Labute approximate surface area is 136 Å². The third-order valence-corrected chi connectivity index (χ3v) is 3.46. The highest BCUT2D eigenvalue weighted by atomic mass is 79.9. The van der Waals surface area contributed by atoms with Gasteiger partial charge in [-0.05, 0) is 17.7 Å². The minimum atomic E-state index is -1.35. The molecule has 7 nitrogen and oxygen atoms in total. The second kappa shape index (κ2) is 8.38. The summed E-state index contributed by atoms with van der Waals surface area (Å²) in [5, 5.41) is 2.45. The molecule has 0 saturated heterocycles. The fraction of sp³-hybridized carbons (Fsp3) is 0.357. The maximum Gasteiger partial charge on any atom is 0.407 e. The van der Waals surface area contributed by atoms with Crippen LogP contribution in [0.4, 0.5) is 4.79 Å². The van der Waals surface area contributed by atoms with Crippen molar-refractivity contribution in [2.24, 2.45) is 5.92 Å².